The molecule has 2 aromatic rings. The molecule has 2 aromatic heterocycles. The van der Waals surface area contributed by atoms with Crippen LogP contribution in [0.3, 0.4) is 0 Å². The molecule has 18 heavy (non-hydrogen) atoms. The fourth-order valence-electron chi connectivity index (χ4n) is 1.79. The summed E-state index contributed by atoms with van der Waals surface area (Å²) in [6.45, 7) is 2.32. The van der Waals surface area contributed by atoms with Gasteiger partial charge in [0.25, 0.3) is 0 Å². The fraction of sp³-hybridized carbons (Fsp3) is 0.364. The number of carboxylic acids is 1. The lowest BCUT2D eigenvalue weighted by Crippen LogP contribution is -2.12. The molecule has 0 unspecified atom stereocenters. The van der Waals surface area contributed by atoms with Crippen molar-refractivity contribution in [1.29, 1.82) is 0 Å². The number of hydrogen-bond donors (Lipinski definition) is 2. The minimum atomic E-state index is -0.961. The maximum Gasteiger partial charge on any atom is 0.341 e. The van der Waals surface area contributed by atoms with Gasteiger partial charge in [0.1, 0.15) is 11.4 Å². The van der Waals surface area contributed by atoms with Gasteiger partial charge >= 0.3 is 5.97 Å². The lowest BCUT2D eigenvalue weighted by Gasteiger charge is -2.06. The van der Waals surface area contributed by atoms with Crippen LogP contribution in [0.15, 0.2) is 10.9 Å². The third-order valence-corrected chi connectivity index (χ3v) is 3.23. The average Bonchev–Trinajstić information content (AvgIpc) is 2.87. The molecule has 0 radical (unpaired) electrons. The van der Waals surface area contributed by atoms with E-state index in [-0.39, 0.29) is 5.56 Å². The highest BCUT2D eigenvalue weighted by molar-refractivity contribution is 7.07. The van der Waals surface area contributed by atoms with E-state index in [4.69, 9.17) is 5.11 Å². The smallest absolute Gasteiger partial charge is 0.341 e. The Morgan fingerprint density at radius 2 is 2.39 bits per heavy atom. The summed E-state index contributed by atoms with van der Waals surface area (Å²) in [5.74, 6) is -0.424. The molecule has 0 spiro atoms. The number of aromatic nitrogens is 3. The van der Waals surface area contributed by atoms with Gasteiger partial charge < -0.3 is 10.4 Å². The van der Waals surface area contributed by atoms with E-state index in [2.05, 4.69) is 15.4 Å². The minimum Gasteiger partial charge on any atom is -0.477 e. The standard InChI is InChI=1S/C11H14N4O2S/c1-7-9(11(16)17)10(15(2)14-7)12-4-3-8-5-18-6-13-8/h5-6,12H,3-4H2,1-2H3,(H,16,17). The molecule has 0 saturated heterocycles. The highest BCUT2D eigenvalue weighted by Crippen LogP contribution is 2.18. The van der Waals surface area contributed by atoms with Crippen molar-refractivity contribution in [3.63, 3.8) is 0 Å². The van der Waals surface area contributed by atoms with E-state index in [0.29, 0.717) is 18.1 Å². The highest BCUT2D eigenvalue weighted by Gasteiger charge is 2.18. The van der Waals surface area contributed by atoms with Crippen molar-refractivity contribution in [2.24, 2.45) is 7.05 Å². The number of carboxylic acid groups (broad SMARTS) is 1. The lowest BCUT2D eigenvalue weighted by molar-refractivity contribution is 0.0697. The van der Waals surface area contributed by atoms with Gasteiger partial charge in [-0.25, -0.2) is 9.78 Å². The maximum atomic E-state index is 11.1. The van der Waals surface area contributed by atoms with E-state index in [9.17, 15) is 4.79 Å². The number of aromatic carboxylic acids is 1. The Hall–Kier alpha value is -1.89. The van der Waals surface area contributed by atoms with Crippen molar-refractivity contribution in [3.05, 3.63) is 27.8 Å². The van der Waals surface area contributed by atoms with Gasteiger partial charge in [-0.15, -0.1) is 11.3 Å². The first kappa shape index (κ1) is 12.6. The van der Waals surface area contributed by atoms with E-state index in [1.54, 1.807) is 35.5 Å². The Labute approximate surface area is 108 Å². The zero-order valence-electron chi connectivity index (χ0n) is 10.2. The number of anilines is 1. The van der Waals surface area contributed by atoms with Crippen LogP contribution in [0.4, 0.5) is 5.82 Å². The molecule has 2 rings (SSSR count). The van der Waals surface area contributed by atoms with Crippen LogP contribution in [0.2, 0.25) is 0 Å². The van der Waals surface area contributed by atoms with E-state index < -0.39 is 5.97 Å². The predicted molar refractivity (Wildman–Crippen MR) is 69.2 cm³/mol. The molecule has 2 N–H and O–H groups in total. The van der Waals surface area contributed by atoms with Crippen molar-refractivity contribution < 1.29 is 9.90 Å². The second kappa shape index (κ2) is 5.18. The van der Waals surface area contributed by atoms with E-state index in [1.165, 1.54) is 0 Å². The average molecular weight is 266 g/mol. The van der Waals surface area contributed by atoms with Gasteiger partial charge in [0.05, 0.1) is 16.9 Å². The molecule has 0 bridgehead atoms. The van der Waals surface area contributed by atoms with Crippen molar-refractivity contribution in [1.82, 2.24) is 14.8 Å². The highest BCUT2D eigenvalue weighted by atomic mass is 32.1. The zero-order chi connectivity index (χ0) is 13.1. The van der Waals surface area contributed by atoms with Crippen molar-refractivity contribution in [2.45, 2.75) is 13.3 Å². The van der Waals surface area contributed by atoms with Gasteiger partial charge in [-0.2, -0.15) is 5.10 Å². The van der Waals surface area contributed by atoms with Crippen LogP contribution in [0, 0.1) is 6.92 Å². The van der Waals surface area contributed by atoms with Crippen LogP contribution in [0.1, 0.15) is 21.7 Å². The zero-order valence-corrected chi connectivity index (χ0v) is 11.0. The number of nitrogens with zero attached hydrogens (tertiary/aromatic N) is 3. The molecule has 0 saturated carbocycles. The maximum absolute atomic E-state index is 11.1. The first-order chi connectivity index (χ1) is 8.59. The number of hydrogen-bond acceptors (Lipinski definition) is 5. The molecular formula is C11H14N4O2S. The Balaban J connectivity index is 2.07. The van der Waals surface area contributed by atoms with Crippen molar-refractivity contribution >= 4 is 23.1 Å². The summed E-state index contributed by atoms with van der Waals surface area (Å²) in [4.78, 5) is 15.3. The summed E-state index contributed by atoms with van der Waals surface area (Å²) in [7, 11) is 1.73. The number of rotatable bonds is 5. The first-order valence-electron chi connectivity index (χ1n) is 5.47. The largest absolute Gasteiger partial charge is 0.477 e. The Kier molecular flexibility index (Phi) is 3.61. The molecule has 0 aliphatic heterocycles. The molecule has 0 aliphatic carbocycles. The van der Waals surface area contributed by atoms with Crippen LogP contribution < -0.4 is 5.32 Å². The van der Waals surface area contributed by atoms with Crippen LogP contribution in [0.5, 0.6) is 0 Å². The monoisotopic (exact) mass is 266 g/mol. The number of thiazole rings is 1. The van der Waals surface area contributed by atoms with Gasteiger partial charge in [0.15, 0.2) is 0 Å². The van der Waals surface area contributed by atoms with Crippen molar-refractivity contribution in [3.8, 4) is 0 Å². The van der Waals surface area contributed by atoms with Crippen LogP contribution in [-0.2, 0) is 13.5 Å². The second-order valence-corrected chi connectivity index (χ2v) is 4.61. The summed E-state index contributed by atoms with van der Waals surface area (Å²) in [5, 5.41) is 18.3. The number of aryl methyl sites for hydroxylation is 2. The summed E-state index contributed by atoms with van der Waals surface area (Å²) >= 11 is 1.55. The van der Waals surface area contributed by atoms with Gasteiger partial charge in [-0.1, -0.05) is 0 Å². The molecule has 96 valence electrons. The Morgan fingerprint density at radius 3 is 3.00 bits per heavy atom. The van der Waals surface area contributed by atoms with Crippen LogP contribution in [0.25, 0.3) is 0 Å². The quantitative estimate of drug-likeness (QED) is 0.858. The summed E-state index contributed by atoms with van der Waals surface area (Å²) in [6, 6.07) is 0. The van der Waals surface area contributed by atoms with Gasteiger partial charge in [-0.05, 0) is 6.92 Å². The summed E-state index contributed by atoms with van der Waals surface area (Å²) in [6.07, 6.45) is 0.757. The molecule has 6 nitrogen and oxygen atoms in total. The predicted octanol–water partition coefficient (Wildman–Crippen LogP) is 1.54. The van der Waals surface area contributed by atoms with Gasteiger partial charge in [-0.3, -0.25) is 4.68 Å². The summed E-state index contributed by atoms with van der Waals surface area (Å²) in [5.41, 5.74) is 3.53. The van der Waals surface area contributed by atoms with Gasteiger partial charge in [0.2, 0.25) is 0 Å². The first-order valence-corrected chi connectivity index (χ1v) is 6.41. The normalized spacial score (nSPS) is 10.6. The minimum absolute atomic E-state index is 0.232. The molecular weight excluding hydrogens is 252 g/mol. The molecule has 2 heterocycles. The SMILES string of the molecule is Cc1nn(C)c(NCCc2cscn2)c1C(=O)O. The molecule has 0 aliphatic rings. The van der Waals surface area contributed by atoms with Crippen LogP contribution in [-0.4, -0.2) is 32.4 Å². The molecule has 0 aromatic carbocycles. The summed E-state index contributed by atoms with van der Waals surface area (Å²) < 4.78 is 1.56. The fourth-order valence-corrected chi connectivity index (χ4v) is 2.38. The number of carbonyl (C=O) groups is 1. The van der Waals surface area contributed by atoms with Crippen molar-refractivity contribution in [2.75, 3.05) is 11.9 Å². The van der Waals surface area contributed by atoms with Crippen LogP contribution >= 0.6 is 11.3 Å². The molecule has 7 heteroatoms. The Morgan fingerprint density at radius 1 is 1.61 bits per heavy atom. The van der Waals surface area contributed by atoms with E-state index >= 15 is 0 Å². The number of nitrogens with one attached hydrogen (secondary N) is 1. The van der Waals surface area contributed by atoms with E-state index in [0.717, 1.165) is 12.1 Å². The lowest BCUT2D eigenvalue weighted by atomic mass is 10.2. The Bertz CT molecular complexity index is 548. The molecule has 0 atom stereocenters. The molecule has 0 fully saturated rings. The third-order valence-electron chi connectivity index (χ3n) is 2.59. The van der Waals surface area contributed by atoms with Gasteiger partial charge in [0, 0.05) is 25.4 Å². The second-order valence-electron chi connectivity index (χ2n) is 3.89. The van der Waals surface area contributed by atoms with E-state index in [1.807, 2.05) is 5.38 Å². The molecule has 0 amide bonds. The third kappa shape index (κ3) is 2.51. The topological polar surface area (TPSA) is 80.0 Å².